The van der Waals surface area contributed by atoms with Gasteiger partial charge in [-0.15, -0.1) is 5.23 Å². The first kappa shape index (κ1) is 39.8. The molecule has 0 saturated carbocycles. The topological polar surface area (TPSA) is 144 Å². The molecule has 0 atom stereocenters. The van der Waals surface area contributed by atoms with Gasteiger partial charge in [0.2, 0.25) is 0 Å². The molecular weight excluding hydrogens is 710 g/mol. The van der Waals surface area contributed by atoms with Crippen LogP contribution in [0.4, 0.5) is 15.3 Å². The second-order valence-corrected chi connectivity index (χ2v) is 15.1. The first-order valence-electron chi connectivity index (χ1n) is 15.6. The van der Waals surface area contributed by atoms with Gasteiger partial charge in [-0.2, -0.15) is 19.6 Å². The molecule has 0 amide bonds. The Bertz CT molecular complexity index is 1750. The summed E-state index contributed by atoms with van der Waals surface area (Å²) in [4.78, 5) is 56.0. The van der Waals surface area contributed by atoms with Crippen LogP contribution in [-0.2, 0) is 19.1 Å². The quantitative estimate of drug-likeness (QED) is 0.186. The molecule has 2 aromatic heterocycles. The molecule has 1 aliphatic heterocycles. The number of aldehydes is 2. The highest BCUT2D eigenvalue weighted by atomic mass is 79.9. The summed E-state index contributed by atoms with van der Waals surface area (Å²) in [6.07, 6.45) is 6.72. The Morgan fingerprint density at radius 1 is 0.680 bits per heavy atom. The number of halogens is 1. The summed E-state index contributed by atoms with van der Waals surface area (Å²) in [5.41, 5.74) is 1.37. The molecule has 0 aliphatic carbocycles. The van der Waals surface area contributed by atoms with Gasteiger partial charge in [-0.1, -0.05) is 52.3 Å². The van der Waals surface area contributed by atoms with Gasteiger partial charge in [-0.05, 0) is 86.9 Å². The smallest absolute Gasteiger partial charge is 0.435 e. The molecule has 5 rings (SSSR count). The van der Waals surface area contributed by atoms with Gasteiger partial charge < -0.3 is 9.47 Å². The van der Waals surface area contributed by atoms with Crippen molar-refractivity contribution in [1.29, 1.82) is 0 Å². The van der Waals surface area contributed by atoms with Crippen LogP contribution in [-0.4, -0.2) is 66.7 Å². The number of benzene rings is 2. The fourth-order valence-electron chi connectivity index (χ4n) is 3.75. The highest BCUT2D eigenvalue weighted by Gasteiger charge is 2.50. The van der Waals surface area contributed by atoms with Crippen LogP contribution in [0, 0.1) is 0 Å². The molecule has 2 aromatic carbocycles. The monoisotopic (exact) mass is 753 g/mol. The van der Waals surface area contributed by atoms with Crippen LogP contribution in [0.2, 0.25) is 0 Å². The summed E-state index contributed by atoms with van der Waals surface area (Å²) in [5.74, 6) is 0. The SMILES string of the molecule is CC(C)(C)OC(=O)n1cc(-c2ccc(C=O)cc2)cn1.CC(C)(C)OC(=O)n1cc(N2OC(C)(C)C(C)(C)O2)cn1.O=Cc1ccc(Br)cc1. The van der Waals surface area contributed by atoms with Gasteiger partial charge in [0.1, 0.15) is 40.7 Å². The van der Waals surface area contributed by atoms with E-state index in [1.807, 2.05) is 39.8 Å². The van der Waals surface area contributed by atoms with E-state index in [1.165, 1.54) is 17.6 Å². The Morgan fingerprint density at radius 3 is 1.54 bits per heavy atom. The van der Waals surface area contributed by atoms with E-state index in [0.717, 1.165) is 37.5 Å². The summed E-state index contributed by atoms with van der Waals surface area (Å²) in [5, 5.41) is 9.26. The van der Waals surface area contributed by atoms with Gasteiger partial charge in [0.15, 0.2) is 0 Å². The van der Waals surface area contributed by atoms with Gasteiger partial charge >= 0.3 is 12.2 Å². The number of carbonyl (C=O) groups is 4. The number of nitrogens with zero attached hydrogens (tertiary/aromatic N) is 5. The fourth-order valence-corrected chi connectivity index (χ4v) is 4.01. The molecule has 1 saturated heterocycles. The van der Waals surface area contributed by atoms with E-state index in [-0.39, 0.29) is 0 Å². The normalized spacial score (nSPS) is 14.7. The highest BCUT2D eigenvalue weighted by molar-refractivity contribution is 9.10. The molecule has 0 spiro atoms. The van der Waals surface area contributed by atoms with E-state index >= 15 is 0 Å². The number of aromatic nitrogens is 4. The Morgan fingerprint density at radius 2 is 1.10 bits per heavy atom. The van der Waals surface area contributed by atoms with Crippen molar-refractivity contribution in [2.45, 2.75) is 91.6 Å². The molecular formula is C36H44BrN5O8. The number of hydrogen-bond acceptors (Lipinski definition) is 11. The summed E-state index contributed by atoms with van der Waals surface area (Å²) >= 11 is 3.26. The lowest BCUT2D eigenvalue weighted by Gasteiger charge is -2.26. The number of hydrogen-bond donors (Lipinski definition) is 0. The van der Waals surface area contributed by atoms with Crippen LogP contribution in [0.5, 0.6) is 0 Å². The zero-order chi connectivity index (χ0) is 37.5. The molecule has 4 aromatic rings. The maximum absolute atomic E-state index is 11.9. The van der Waals surface area contributed by atoms with E-state index in [2.05, 4.69) is 26.1 Å². The number of anilines is 1. The first-order chi connectivity index (χ1) is 23.1. The molecule has 1 aliphatic rings. The van der Waals surface area contributed by atoms with E-state index < -0.39 is 34.6 Å². The van der Waals surface area contributed by atoms with Crippen molar-refractivity contribution in [3.63, 3.8) is 0 Å². The minimum atomic E-state index is -0.576. The zero-order valence-electron chi connectivity index (χ0n) is 30.0. The van der Waals surface area contributed by atoms with Crippen LogP contribution in [0.25, 0.3) is 11.1 Å². The van der Waals surface area contributed by atoms with Crippen LogP contribution in [0.15, 0.2) is 77.8 Å². The molecule has 1 fully saturated rings. The lowest BCUT2D eigenvalue weighted by atomic mass is 9.90. The highest BCUT2D eigenvalue weighted by Crippen LogP contribution is 2.39. The minimum absolute atomic E-state index is 0.499. The van der Waals surface area contributed by atoms with Crippen LogP contribution >= 0.6 is 15.9 Å². The average Bonchev–Trinajstić information content (AvgIpc) is 3.75. The Hall–Kier alpha value is -4.66. The Balaban J connectivity index is 0.000000218. The van der Waals surface area contributed by atoms with Crippen LogP contribution in [0.3, 0.4) is 0 Å². The van der Waals surface area contributed by atoms with Crippen molar-refractivity contribution in [3.8, 4) is 11.1 Å². The third-order valence-corrected chi connectivity index (χ3v) is 7.51. The number of rotatable bonds is 4. The van der Waals surface area contributed by atoms with Crippen molar-refractivity contribution in [3.05, 3.63) is 88.9 Å². The van der Waals surface area contributed by atoms with Gasteiger partial charge in [0, 0.05) is 27.4 Å². The van der Waals surface area contributed by atoms with E-state index in [4.69, 9.17) is 19.1 Å². The third-order valence-electron chi connectivity index (χ3n) is 6.98. The second-order valence-electron chi connectivity index (χ2n) is 14.1. The van der Waals surface area contributed by atoms with Crippen molar-refractivity contribution >= 4 is 46.4 Å². The van der Waals surface area contributed by atoms with Gasteiger partial charge in [0.25, 0.3) is 0 Å². The van der Waals surface area contributed by atoms with E-state index in [9.17, 15) is 19.2 Å². The molecule has 268 valence electrons. The average molecular weight is 755 g/mol. The van der Waals surface area contributed by atoms with Gasteiger partial charge in [0.05, 0.1) is 18.6 Å². The maximum Gasteiger partial charge on any atom is 0.435 e. The summed E-state index contributed by atoms with van der Waals surface area (Å²) in [6, 6.07) is 14.2. The first-order valence-corrected chi connectivity index (χ1v) is 16.4. The third kappa shape index (κ3) is 11.5. The lowest BCUT2D eigenvalue weighted by Crippen LogP contribution is -2.41. The van der Waals surface area contributed by atoms with Crippen molar-refractivity contribution < 1.29 is 38.3 Å². The summed E-state index contributed by atoms with van der Waals surface area (Å²) in [7, 11) is 0. The Kier molecular flexibility index (Phi) is 12.7. The molecule has 50 heavy (non-hydrogen) atoms. The number of carbonyl (C=O) groups excluding carboxylic acids is 4. The molecule has 3 heterocycles. The minimum Gasteiger partial charge on any atom is -0.442 e. The number of ether oxygens (including phenoxy) is 2. The molecule has 13 nitrogen and oxygen atoms in total. The predicted molar refractivity (Wildman–Crippen MR) is 191 cm³/mol. The Labute approximate surface area is 300 Å². The summed E-state index contributed by atoms with van der Waals surface area (Å²) < 4.78 is 13.7. The zero-order valence-corrected chi connectivity index (χ0v) is 31.5. The predicted octanol–water partition coefficient (Wildman–Crippen LogP) is 8.31. The van der Waals surface area contributed by atoms with Crippen molar-refractivity contribution in [1.82, 2.24) is 19.6 Å². The maximum atomic E-state index is 11.9. The van der Waals surface area contributed by atoms with Crippen molar-refractivity contribution in [2.24, 2.45) is 0 Å². The van der Waals surface area contributed by atoms with E-state index in [1.54, 1.807) is 90.3 Å². The molecule has 0 N–H and O–H groups in total. The second kappa shape index (κ2) is 15.9. The molecule has 0 unspecified atom stereocenters. The van der Waals surface area contributed by atoms with Crippen LogP contribution < -0.4 is 5.23 Å². The summed E-state index contributed by atoms with van der Waals surface area (Å²) in [6.45, 7) is 18.5. The molecule has 0 radical (unpaired) electrons. The lowest BCUT2D eigenvalue weighted by molar-refractivity contribution is -0.0273. The van der Waals surface area contributed by atoms with Crippen LogP contribution in [0.1, 0.15) is 90.0 Å². The largest absolute Gasteiger partial charge is 0.442 e. The van der Waals surface area contributed by atoms with Gasteiger partial charge in [-0.25, -0.2) is 19.3 Å². The fraction of sp³-hybridized carbons (Fsp3) is 0.389. The van der Waals surface area contributed by atoms with Gasteiger partial charge in [-0.3, -0.25) is 9.59 Å². The molecule has 14 heteroatoms. The van der Waals surface area contributed by atoms with Crippen molar-refractivity contribution in [2.75, 3.05) is 5.23 Å². The standard InChI is InChI=1S/C15H16N2O3.C14H23N3O4.C7H5BrO/c1-15(2,3)20-14(19)17-9-13(8-16-17)12-6-4-11(10-18)5-7-12;1-12(2,3)19-11(18)16-9-10(8-15-16)17-20-13(4,5)14(6,7)21-17;8-7-3-1-6(5-9)2-4-7/h4-10H,1-3H3;8-9H,1-7H3;1-5H. The molecule has 0 bridgehead atoms. The van der Waals surface area contributed by atoms with E-state index in [0.29, 0.717) is 16.8 Å².